The Morgan fingerprint density at radius 3 is 3.15 bits per heavy atom. The van der Waals surface area contributed by atoms with Crippen LogP contribution in [0.5, 0.6) is 0 Å². The molecule has 0 aliphatic heterocycles. The van der Waals surface area contributed by atoms with Crippen LogP contribution in [-0.4, -0.2) is 23.2 Å². The Kier molecular flexibility index (Phi) is 1.84. The van der Waals surface area contributed by atoms with E-state index in [4.69, 9.17) is 9.84 Å². The van der Waals surface area contributed by atoms with Crippen molar-refractivity contribution in [1.82, 2.24) is 4.98 Å². The monoisotopic (exact) mass is 181 g/mol. The molecule has 2 rings (SSSR count). The number of rotatable bonds is 2. The molecule has 13 heavy (non-hydrogen) atoms. The minimum atomic E-state index is -0.913. The molecule has 1 aromatic heterocycles. The lowest BCUT2D eigenvalue weighted by molar-refractivity contribution is 0.0690. The van der Waals surface area contributed by atoms with Crippen LogP contribution in [-0.2, 0) is 11.2 Å². The molecule has 0 radical (unpaired) electrons. The molecular weight excluding hydrogens is 170 g/mol. The van der Waals surface area contributed by atoms with E-state index in [1.807, 2.05) is 0 Å². The molecule has 4 nitrogen and oxygen atoms in total. The Labute approximate surface area is 75.5 Å². The van der Waals surface area contributed by atoms with E-state index in [0.29, 0.717) is 0 Å². The third-order valence-corrected chi connectivity index (χ3v) is 2.45. The van der Waals surface area contributed by atoms with Gasteiger partial charge in [-0.2, -0.15) is 0 Å². The van der Waals surface area contributed by atoms with Gasteiger partial charge in [-0.05, 0) is 18.9 Å². The fraction of sp³-hybridized carbons (Fsp3) is 0.444. The van der Waals surface area contributed by atoms with E-state index in [2.05, 4.69) is 4.98 Å². The molecule has 0 bridgehead atoms. The second-order valence-corrected chi connectivity index (χ2v) is 3.19. The average molecular weight is 181 g/mol. The van der Waals surface area contributed by atoms with E-state index in [0.717, 1.165) is 24.1 Å². The van der Waals surface area contributed by atoms with E-state index < -0.39 is 5.97 Å². The Bertz CT molecular complexity index is 343. The number of nitrogens with one attached hydrogen (secondary N) is 1. The van der Waals surface area contributed by atoms with E-state index in [1.165, 1.54) is 0 Å². The molecule has 0 amide bonds. The van der Waals surface area contributed by atoms with Crippen molar-refractivity contribution in [1.29, 1.82) is 0 Å². The normalized spacial score (nSPS) is 20.2. The molecule has 0 saturated heterocycles. The van der Waals surface area contributed by atoms with Gasteiger partial charge in [0.2, 0.25) is 0 Å². The number of methoxy groups -OCH3 is 1. The van der Waals surface area contributed by atoms with Crippen LogP contribution in [0.25, 0.3) is 0 Å². The Hall–Kier alpha value is -1.29. The number of aromatic amines is 1. The smallest absolute Gasteiger partial charge is 0.352 e. The number of aromatic nitrogens is 1. The lowest BCUT2D eigenvalue weighted by Crippen LogP contribution is -1.98. The quantitative estimate of drug-likeness (QED) is 0.723. The van der Waals surface area contributed by atoms with Gasteiger partial charge in [-0.1, -0.05) is 0 Å². The Morgan fingerprint density at radius 1 is 1.77 bits per heavy atom. The average Bonchev–Trinajstić information content (AvgIpc) is 2.60. The third kappa shape index (κ3) is 1.23. The van der Waals surface area contributed by atoms with E-state index in [1.54, 1.807) is 13.2 Å². The Balaban J connectivity index is 2.36. The topological polar surface area (TPSA) is 62.3 Å². The van der Waals surface area contributed by atoms with Crippen LogP contribution in [0.2, 0.25) is 0 Å². The van der Waals surface area contributed by atoms with Gasteiger partial charge in [0, 0.05) is 18.4 Å². The van der Waals surface area contributed by atoms with Gasteiger partial charge in [0.1, 0.15) is 5.69 Å². The highest BCUT2D eigenvalue weighted by Crippen LogP contribution is 2.33. The minimum Gasteiger partial charge on any atom is -0.477 e. The number of carboxylic acids is 1. The lowest BCUT2D eigenvalue weighted by Gasteiger charge is -2.05. The minimum absolute atomic E-state index is 0.0688. The van der Waals surface area contributed by atoms with Crippen molar-refractivity contribution >= 4 is 5.97 Å². The van der Waals surface area contributed by atoms with Gasteiger partial charge in [-0.25, -0.2) is 4.79 Å². The summed E-state index contributed by atoms with van der Waals surface area (Å²) >= 11 is 0. The molecule has 70 valence electrons. The highest BCUT2D eigenvalue weighted by molar-refractivity contribution is 5.86. The number of carboxylic acid groups (broad SMARTS) is 1. The number of aromatic carboxylic acids is 1. The summed E-state index contributed by atoms with van der Waals surface area (Å²) in [7, 11) is 1.65. The van der Waals surface area contributed by atoms with Crippen LogP contribution in [0.15, 0.2) is 6.07 Å². The Morgan fingerprint density at radius 2 is 2.54 bits per heavy atom. The first kappa shape index (κ1) is 8.31. The largest absolute Gasteiger partial charge is 0.477 e. The van der Waals surface area contributed by atoms with Gasteiger partial charge >= 0.3 is 5.97 Å². The van der Waals surface area contributed by atoms with Crippen molar-refractivity contribution in [3.05, 3.63) is 23.0 Å². The third-order valence-electron chi connectivity index (χ3n) is 2.45. The summed E-state index contributed by atoms with van der Waals surface area (Å²) in [4.78, 5) is 13.5. The fourth-order valence-electron chi connectivity index (χ4n) is 1.80. The molecule has 1 heterocycles. The maximum atomic E-state index is 10.6. The zero-order chi connectivity index (χ0) is 9.42. The van der Waals surface area contributed by atoms with Crippen LogP contribution >= 0.6 is 0 Å². The molecule has 0 spiro atoms. The van der Waals surface area contributed by atoms with Crippen molar-refractivity contribution in [2.24, 2.45) is 0 Å². The van der Waals surface area contributed by atoms with Crippen molar-refractivity contribution < 1.29 is 14.6 Å². The van der Waals surface area contributed by atoms with Gasteiger partial charge in [-0.15, -0.1) is 0 Å². The van der Waals surface area contributed by atoms with Crippen molar-refractivity contribution in [2.75, 3.05) is 7.11 Å². The van der Waals surface area contributed by atoms with Gasteiger partial charge < -0.3 is 14.8 Å². The summed E-state index contributed by atoms with van der Waals surface area (Å²) in [6, 6.07) is 1.67. The summed E-state index contributed by atoms with van der Waals surface area (Å²) in [5.41, 5.74) is 2.26. The first-order chi connectivity index (χ1) is 6.22. The first-order valence-corrected chi connectivity index (χ1v) is 4.20. The zero-order valence-corrected chi connectivity index (χ0v) is 7.33. The molecule has 1 aliphatic carbocycles. The molecule has 1 aliphatic rings. The predicted molar refractivity (Wildman–Crippen MR) is 45.8 cm³/mol. The number of hydrogen-bond donors (Lipinski definition) is 2. The van der Waals surface area contributed by atoms with Crippen molar-refractivity contribution in [2.45, 2.75) is 18.9 Å². The van der Waals surface area contributed by atoms with Crippen LogP contribution in [0, 0.1) is 0 Å². The molecule has 1 aromatic rings. The maximum Gasteiger partial charge on any atom is 0.352 e. The summed E-state index contributed by atoms with van der Waals surface area (Å²) in [5.74, 6) is -0.913. The number of ether oxygens (including phenoxy) is 1. The second kappa shape index (κ2) is 2.88. The molecule has 2 N–H and O–H groups in total. The number of carbonyl (C=O) groups is 1. The molecular formula is C9H11NO3. The van der Waals surface area contributed by atoms with Crippen molar-refractivity contribution in [3.8, 4) is 0 Å². The number of H-pyrrole nitrogens is 1. The molecule has 1 atom stereocenters. The highest BCUT2D eigenvalue weighted by atomic mass is 16.5. The van der Waals surface area contributed by atoms with Crippen LogP contribution < -0.4 is 0 Å². The van der Waals surface area contributed by atoms with E-state index in [9.17, 15) is 4.79 Å². The molecule has 0 saturated carbocycles. The van der Waals surface area contributed by atoms with Gasteiger partial charge in [0.15, 0.2) is 0 Å². The van der Waals surface area contributed by atoms with E-state index >= 15 is 0 Å². The predicted octanol–water partition coefficient (Wildman–Crippen LogP) is 1.35. The van der Waals surface area contributed by atoms with Gasteiger partial charge in [0.25, 0.3) is 0 Å². The number of fused-ring (bicyclic) bond motifs is 1. The summed E-state index contributed by atoms with van der Waals surface area (Å²) in [6.45, 7) is 0. The first-order valence-electron chi connectivity index (χ1n) is 4.20. The van der Waals surface area contributed by atoms with Crippen LogP contribution in [0.4, 0.5) is 0 Å². The maximum absolute atomic E-state index is 10.6. The van der Waals surface area contributed by atoms with Crippen LogP contribution in [0.1, 0.15) is 34.3 Å². The molecule has 1 unspecified atom stereocenters. The summed E-state index contributed by atoms with van der Waals surface area (Å²) in [6.07, 6.45) is 1.89. The summed E-state index contributed by atoms with van der Waals surface area (Å²) < 4.78 is 5.22. The van der Waals surface area contributed by atoms with Crippen molar-refractivity contribution in [3.63, 3.8) is 0 Å². The molecule has 0 fully saturated rings. The SMILES string of the molecule is COC1CCc2[nH]c(C(=O)O)cc21. The van der Waals surface area contributed by atoms with Gasteiger partial charge in [-0.3, -0.25) is 0 Å². The fourth-order valence-corrected chi connectivity index (χ4v) is 1.80. The standard InChI is InChI=1S/C9H11NO3/c1-13-8-3-2-6-5(8)4-7(10-6)9(11)12/h4,8,10H,2-3H2,1H3,(H,11,12). The number of aryl methyl sites for hydroxylation is 1. The lowest BCUT2D eigenvalue weighted by atomic mass is 10.2. The van der Waals surface area contributed by atoms with Gasteiger partial charge in [0.05, 0.1) is 6.10 Å². The molecule has 0 aromatic carbocycles. The van der Waals surface area contributed by atoms with Crippen LogP contribution in [0.3, 0.4) is 0 Å². The highest BCUT2D eigenvalue weighted by Gasteiger charge is 2.25. The number of hydrogen-bond acceptors (Lipinski definition) is 2. The van der Waals surface area contributed by atoms with E-state index in [-0.39, 0.29) is 11.8 Å². The molecule has 4 heteroatoms. The zero-order valence-electron chi connectivity index (χ0n) is 7.33. The second-order valence-electron chi connectivity index (χ2n) is 3.19. The summed E-state index contributed by atoms with van der Waals surface area (Å²) in [5, 5.41) is 8.73.